The van der Waals surface area contributed by atoms with Gasteiger partial charge in [0.15, 0.2) is 6.29 Å². The van der Waals surface area contributed by atoms with E-state index in [-0.39, 0.29) is 19.3 Å². The van der Waals surface area contributed by atoms with Gasteiger partial charge >= 0.3 is 5.97 Å². The van der Waals surface area contributed by atoms with Gasteiger partial charge in [-0.25, -0.2) is 0 Å². The first-order valence-electron chi connectivity index (χ1n) is 6.26. The minimum Gasteiger partial charge on any atom is -0.480 e. The van der Waals surface area contributed by atoms with E-state index in [2.05, 4.69) is 0 Å². The molecule has 1 aliphatic rings. The number of amides is 1. The molecule has 1 amide bonds. The van der Waals surface area contributed by atoms with Crippen LogP contribution in [0.25, 0.3) is 0 Å². The van der Waals surface area contributed by atoms with E-state index in [1.807, 2.05) is 0 Å². The van der Waals surface area contributed by atoms with Crippen molar-refractivity contribution >= 4 is 11.9 Å². The molecule has 0 aromatic carbocycles. The largest absolute Gasteiger partial charge is 0.480 e. The maximum absolute atomic E-state index is 10.1. The number of aliphatic hydroxyl groups is 4. The van der Waals surface area contributed by atoms with Crippen molar-refractivity contribution in [2.24, 2.45) is 11.5 Å². The van der Waals surface area contributed by atoms with Crippen LogP contribution in [0, 0.1) is 0 Å². The molecule has 10 nitrogen and oxygen atoms in total. The fourth-order valence-electron chi connectivity index (χ4n) is 1.50. The standard InChI is InChI=1S/C6H12O5.C5H10N2O3/c7-2-4-6(10)3(8)1-5(9)11-4;6-3(5(9)10)1-2-4(7)8/h3-10H,1-2H2;3H,1-2,6H2,(H2,7,8)(H,9,10)/t3-,4-,5?,6+;3-/m10/s1. The Morgan fingerprint density at radius 1 is 1.29 bits per heavy atom. The third-order valence-electron chi connectivity index (χ3n) is 2.75. The Balaban J connectivity index is 0.000000384. The van der Waals surface area contributed by atoms with E-state index in [9.17, 15) is 9.59 Å². The van der Waals surface area contributed by atoms with Crippen LogP contribution in [0.3, 0.4) is 0 Å². The second-order valence-electron chi connectivity index (χ2n) is 4.56. The van der Waals surface area contributed by atoms with Crippen molar-refractivity contribution in [3.63, 3.8) is 0 Å². The third kappa shape index (κ3) is 7.90. The van der Waals surface area contributed by atoms with E-state index >= 15 is 0 Å². The molecule has 21 heavy (non-hydrogen) atoms. The predicted molar refractivity (Wildman–Crippen MR) is 68.6 cm³/mol. The van der Waals surface area contributed by atoms with Crippen molar-refractivity contribution in [3.8, 4) is 0 Å². The quantitative estimate of drug-likeness (QED) is 0.269. The number of carboxylic acid groups (broad SMARTS) is 1. The van der Waals surface area contributed by atoms with Gasteiger partial charge in [-0.3, -0.25) is 9.59 Å². The number of aliphatic carboxylic acids is 1. The summed E-state index contributed by atoms with van der Waals surface area (Å²) in [6.07, 6.45) is -3.99. The first kappa shape index (κ1) is 19.7. The number of primary amides is 1. The molecule has 0 bridgehead atoms. The van der Waals surface area contributed by atoms with Crippen LogP contribution in [0.5, 0.6) is 0 Å². The molecular weight excluding hydrogens is 288 g/mol. The molecule has 0 aliphatic carbocycles. The summed E-state index contributed by atoms with van der Waals surface area (Å²) in [5.74, 6) is -1.64. The number of carbonyl (C=O) groups excluding carboxylic acids is 1. The van der Waals surface area contributed by atoms with E-state index < -0.39 is 49.1 Å². The lowest BCUT2D eigenvalue weighted by Crippen LogP contribution is -2.49. The SMILES string of the molecule is NC(=O)CC[C@H](N)C(=O)O.OC[C@H]1OC(O)C[C@@H](O)[C@@H]1O. The molecule has 0 saturated carbocycles. The van der Waals surface area contributed by atoms with Crippen LogP contribution in [0.4, 0.5) is 0 Å². The van der Waals surface area contributed by atoms with Gasteiger partial charge in [-0.15, -0.1) is 0 Å². The van der Waals surface area contributed by atoms with Gasteiger partial charge in [0.25, 0.3) is 0 Å². The zero-order valence-corrected chi connectivity index (χ0v) is 11.3. The molecule has 1 saturated heterocycles. The van der Waals surface area contributed by atoms with Crippen molar-refractivity contribution in [2.45, 2.75) is 49.9 Å². The van der Waals surface area contributed by atoms with Crippen LogP contribution < -0.4 is 11.5 Å². The Labute approximate surface area is 120 Å². The molecule has 9 N–H and O–H groups in total. The average molecular weight is 310 g/mol. The minimum atomic E-state index is -1.11. The molecule has 1 rings (SSSR count). The van der Waals surface area contributed by atoms with Crippen molar-refractivity contribution in [1.29, 1.82) is 0 Å². The molecule has 1 heterocycles. The number of rotatable bonds is 5. The van der Waals surface area contributed by atoms with Gasteiger partial charge in [0.05, 0.1) is 12.7 Å². The first-order valence-corrected chi connectivity index (χ1v) is 6.26. The minimum absolute atomic E-state index is 0.0162. The fraction of sp³-hybridized carbons (Fsp3) is 0.818. The number of carbonyl (C=O) groups is 2. The van der Waals surface area contributed by atoms with Crippen molar-refractivity contribution in [2.75, 3.05) is 6.61 Å². The molecular formula is C11H22N2O8. The maximum Gasteiger partial charge on any atom is 0.320 e. The van der Waals surface area contributed by atoms with Crippen LogP contribution >= 0.6 is 0 Å². The van der Waals surface area contributed by atoms with Gasteiger partial charge in [0.1, 0.15) is 18.2 Å². The van der Waals surface area contributed by atoms with Gasteiger partial charge in [-0.2, -0.15) is 0 Å². The molecule has 10 heteroatoms. The van der Waals surface area contributed by atoms with Crippen molar-refractivity contribution < 1.29 is 39.9 Å². The molecule has 5 atom stereocenters. The molecule has 0 aromatic rings. The van der Waals surface area contributed by atoms with Gasteiger partial charge < -0.3 is 41.7 Å². The van der Waals surface area contributed by atoms with E-state index in [0.29, 0.717) is 0 Å². The van der Waals surface area contributed by atoms with Gasteiger partial charge in [-0.05, 0) is 6.42 Å². The van der Waals surface area contributed by atoms with E-state index in [1.54, 1.807) is 0 Å². The third-order valence-corrected chi connectivity index (χ3v) is 2.75. The Bertz CT molecular complexity index is 340. The zero-order valence-electron chi connectivity index (χ0n) is 11.3. The summed E-state index contributed by atoms with van der Waals surface area (Å²) in [4.78, 5) is 20.1. The summed E-state index contributed by atoms with van der Waals surface area (Å²) in [5.41, 5.74) is 9.81. The topological polar surface area (TPSA) is 197 Å². The summed E-state index contributed by atoms with van der Waals surface area (Å²) in [7, 11) is 0. The monoisotopic (exact) mass is 310 g/mol. The highest BCUT2D eigenvalue weighted by Crippen LogP contribution is 2.18. The summed E-state index contributed by atoms with van der Waals surface area (Å²) in [6.45, 7) is -0.407. The summed E-state index contributed by atoms with van der Waals surface area (Å²) >= 11 is 0. The van der Waals surface area contributed by atoms with E-state index in [1.165, 1.54) is 0 Å². The lowest BCUT2D eigenvalue weighted by atomic mass is 10.0. The highest BCUT2D eigenvalue weighted by molar-refractivity contribution is 5.76. The van der Waals surface area contributed by atoms with Crippen molar-refractivity contribution in [1.82, 2.24) is 0 Å². The predicted octanol–water partition coefficient (Wildman–Crippen LogP) is -3.53. The van der Waals surface area contributed by atoms with Crippen LogP contribution in [0.1, 0.15) is 19.3 Å². The lowest BCUT2D eigenvalue weighted by molar-refractivity contribution is -0.239. The smallest absolute Gasteiger partial charge is 0.320 e. The molecule has 0 aromatic heterocycles. The van der Waals surface area contributed by atoms with Crippen LogP contribution in [0.2, 0.25) is 0 Å². The van der Waals surface area contributed by atoms with Gasteiger partial charge in [-0.1, -0.05) is 0 Å². The van der Waals surface area contributed by atoms with Crippen molar-refractivity contribution in [3.05, 3.63) is 0 Å². The average Bonchev–Trinajstić information content (AvgIpc) is 2.40. The highest BCUT2D eigenvalue weighted by atomic mass is 16.6. The van der Waals surface area contributed by atoms with Gasteiger partial charge in [0, 0.05) is 12.8 Å². The number of hydrogen-bond donors (Lipinski definition) is 7. The second kappa shape index (κ2) is 9.60. The highest BCUT2D eigenvalue weighted by Gasteiger charge is 2.35. The number of carboxylic acids is 1. The zero-order chi connectivity index (χ0) is 16.6. The number of ether oxygens (including phenoxy) is 1. The van der Waals surface area contributed by atoms with Gasteiger partial charge in [0.2, 0.25) is 5.91 Å². The molecule has 124 valence electrons. The number of nitrogens with two attached hydrogens (primary N) is 2. The first-order chi connectivity index (χ1) is 9.68. The Morgan fingerprint density at radius 3 is 2.29 bits per heavy atom. The summed E-state index contributed by atoms with van der Waals surface area (Å²) < 4.78 is 4.71. The van der Waals surface area contributed by atoms with Crippen LogP contribution in [0.15, 0.2) is 0 Å². The fourth-order valence-corrected chi connectivity index (χ4v) is 1.50. The number of hydrogen-bond acceptors (Lipinski definition) is 8. The van der Waals surface area contributed by atoms with E-state index in [4.69, 9.17) is 41.7 Å². The molecule has 0 spiro atoms. The lowest BCUT2D eigenvalue weighted by Gasteiger charge is -2.33. The van der Waals surface area contributed by atoms with Crippen LogP contribution in [-0.4, -0.2) is 74.7 Å². The Hall–Kier alpha value is -1.30. The molecule has 1 aliphatic heterocycles. The normalized spacial score (nSPS) is 30.0. The number of aliphatic hydroxyl groups excluding tert-OH is 4. The maximum atomic E-state index is 10.1. The van der Waals surface area contributed by atoms with E-state index in [0.717, 1.165) is 0 Å². The molecule has 0 radical (unpaired) electrons. The summed E-state index contributed by atoms with van der Waals surface area (Å²) in [5, 5.41) is 43.9. The Morgan fingerprint density at radius 2 is 1.86 bits per heavy atom. The summed E-state index contributed by atoms with van der Waals surface area (Å²) in [6, 6.07) is -0.979. The second-order valence-corrected chi connectivity index (χ2v) is 4.56. The molecule has 1 fully saturated rings. The van der Waals surface area contributed by atoms with Crippen LogP contribution in [-0.2, 0) is 14.3 Å². The Kier molecular flexibility index (Phi) is 9.01. The molecule has 1 unspecified atom stereocenters.